The van der Waals surface area contributed by atoms with Crippen LogP contribution in [-0.4, -0.2) is 19.9 Å². The minimum absolute atomic E-state index is 0.126. The van der Waals surface area contributed by atoms with Gasteiger partial charge in [0.15, 0.2) is 18.3 Å². The number of carbonyl (C=O) groups is 1. The summed E-state index contributed by atoms with van der Waals surface area (Å²) in [5.74, 6) is 0.631. The van der Waals surface area contributed by atoms with Crippen LogP contribution in [0.5, 0.6) is 11.5 Å². The molecule has 82 valence electrons. The molecule has 0 N–H and O–H groups in total. The molecule has 0 heterocycles. The molecule has 0 atom stereocenters. The Labute approximate surface area is 88.8 Å². The standard InChI is InChI=1S/C11H14O4/c1-3-11(12)15-10-7-5-4-6-9(10)14-8-13-2/h4-7H,3,8H2,1-2H3. The lowest BCUT2D eigenvalue weighted by atomic mass is 10.3. The van der Waals surface area contributed by atoms with Gasteiger partial charge < -0.3 is 14.2 Å². The van der Waals surface area contributed by atoms with E-state index in [1.54, 1.807) is 31.2 Å². The lowest BCUT2D eigenvalue weighted by Crippen LogP contribution is -2.08. The molecule has 0 saturated carbocycles. The molecular formula is C11H14O4. The van der Waals surface area contributed by atoms with Crippen LogP contribution in [0.2, 0.25) is 0 Å². The average Bonchev–Trinajstić information content (AvgIpc) is 2.28. The summed E-state index contributed by atoms with van der Waals surface area (Å²) in [6.07, 6.45) is 0.332. The van der Waals surface area contributed by atoms with Gasteiger partial charge in [-0.1, -0.05) is 19.1 Å². The van der Waals surface area contributed by atoms with Crippen molar-refractivity contribution in [3.05, 3.63) is 24.3 Å². The molecule has 0 aliphatic carbocycles. The van der Waals surface area contributed by atoms with E-state index in [2.05, 4.69) is 0 Å². The van der Waals surface area contributed by atoms with Gasteiger partial charge in [0.2, 0.25) is 0 Å². The molecule has 0 spiro atoms. The van der Waals surface area contributed by atoms with Crippen molar-refractivity contribution in [1.29, 1.82) is 0 Å². The second-order valence-corrected chi connectivity index (χ2v) is 2.83. The van der Waals surface area contributed by atoms with Crippen LogP contribution in [0.15, 0.2) is 24.3 Å². The molecule has 1 aromatic carbocycles. The molecule has 0 fully saturated rings. The van der Waals surface area contributed by atoms with E-state index in [1.165, 1.54) is 7.11 Å². The zero-order chi connectivity index (χ0) is 11.1. The van der Waals surface area contributed by atoms with Crippen molar-refractivity contribution >= 4 is 5.97 Å². The highest BCUT2D eigenvalue weighted by Gasteiger charge is 2.07. The van der Waals surface area contributed by atoms with E-state index in [4.69, 9.17) is 14.2 Å². The van der Waals surface area contributed by atoms with Crippen molar-refractivity contribution in [1.82, 2.24) is 0 Å². The largest absolute Gasteiger partial charge is 0.464 e. The highest BCUT2D eigenvalue weighted by atomic mass is 16.7. The molecule has 4 heteroatoms. The number of rotatable bonds is 5. The van der Waals surface area contributed by atoms with Gasteiger partial charge in [0.05, 0.1) is 0 Å². The number of methoxy groups -OCH3 is 1. The number of benzene rings is 1. The molecule has 15 heavy (non-hydrogen) atoms. The van der Waals surface area contributed by atoms with Crippen molar-refractivity contribution in [2.75, 3.05) is 13.9 Å². The minimum Gasteiger partial charge on any atom is -0.464 e. The Balaban J connectivity index is 2.72. The zero-order valence-corrected chi connectivity index (χ0v) is 8.86. The van der Waals surface area contributed by atoms with Gasteiger partial charge in [0.1, 0.15) is 0 Å². The minimum atomic E-state index is -0.288. The third-order valence-corrected chi connectivity index (χ3v) is 1.69. The molecule has 0 aliphatic heterocycles. The van der Waals surface area contributed by atoms with E-state index >= 15 is 0 Å². The molecule has 1 aromatic rings. The van der Waals surface area contributed by atoms with Gasteiger partial charge in [-0.15, -0.1) is 0 Å². The van der Waals surface area contributed by atoms with E-state index in [0.717, 1.165) is 0 Å². The smallest absolute Gasteiger partial charge is 0.311 e. The topological polar surface area (TPSA) is 44.8 Å². The number of ether oxygens (including phenoxy) is 3. The van der Waals surface area contributed by atoms with E-state index < -0.39 is 0 Å². The summed E-state index contributed by atoms with van der Waals surface area (Å²) in [5, 5.41) is 0. The predicted molar refractivity (Wildman–Crippen MR) is 54.9 cm³/mol. The third kappa shape index (κ3) is 3.59. The SMILES string of the molecule is CCC(=O)Oc1ccccc1OCOC. The van der Waals surface area contributed by atoms with Crippen LogP contribution in [0.4, 0.5) is 0 Å². The van der Waals surface area contributed by atoms with Gasteiger partial charge in [-0.3, -0.25) is 4.79 Å². The van der Waals surface area contributed by atoms with Gasteiger partial charge in [0, 0.05) is 13.5 Å². The van der Waals surface area contributed by atoms with E-state index in [-0.39, 0.29) is 12.8 Å². The van der Waals surface area contributed by atoms with Crippen LogP contribution >= 0.6 is 0 Å². The van der Waals surface area contributed by atoms with Crippen molar-refractivity contribution in [2.24, 2.45) is 0 Å². The Morgan fingerprint density at radius 1 is 1.27 bits per heavy atom. The summed E-state index contributed by atoms with van der Waals surface area (Å²) in [7, 11) is 1.53. The first-order chi connectivity index (χ1) is 7.27. The summed E-state index contributed by atoms with van der Waals surface area (Å²) in [6.45, 7) is 1.86. The van der Waals surface area contributed by atoms with E-state index in [1.807, 2.05) is 0 Å². The Morgan fingerprint density at radius 3 is 2.53 bits per heavy atom. The van der Waals surface area contributed by atoms with Gasteiger partial charge in [0.25, 0.3) is 0 Å². The fourth-order valence-electron chi connectivity index (χ4n) is 0.971. The Morgan fingerprint density at radius 2 is 1.93 bits per heavy atom. The summed E-state index contributed by atoms with van der Waals surface area (Å²) in [4.78, 5) is 11.1. The second kappa shape index (κ2) is 6.03. The fraction of sp³-hybridized carbons (Fsp3) is 0.364. The summed E-state index contributed by atoms with van der Waals surface area (Å²) in [5.41, 5.74) is 0. The van der Waals surface area contributed by atoms with E-state index in [9.17, 15) is 4.79 Å². The highest BCUT2D eigenvalue weighted by molar-refractivity contribution is 5.72. The lowest BCUT2D eigenvalue weighted by Gasteiger charge is -2.09. The number of para-hydroxylation sites is 2. The first kappa shape index (κ1) is 11.5. The van der Waals surface area contributed by atoms with E-state index in [0.29, 0.717) is 17.9 Å². The lowest BCUT2D eigenvalue weighted by molar-refractivity contribution is -0.134. The Hall–Kier alpha value is -1.55. The van der Waals surface area contributed by atoms with Gasteiger partial charge in [-0.05, 0) is 12.1 Å². The van der Waals surface area contributed by atoms with Crippen molar-refractivity contribution in [3.63, 3.8) is 0 Å². The molecule has 0 aliphatic rings. The molecule has 0 radical (unpaired) electrons. The zero-order valence-electron chi connectivity index (χ0n) is 8.86. The molecular weight excluding hydrogens is 196 g/mol. The van der Waals surface area contributed by atoms with Crippen LogP contribution in [0.1, 0.15) is 13.3 Å². The molecule has 0 saturated heterocycles. The summed E-state index contributed by atoms with van der Waals surface area (Å²) >= 11 is 0. The molecule has 0 bridgehead atoms. The molecule has 0 aromatic heterocycles. The summed E-state index contributed by atoms with van der Waals surface area (Å²) < 4.78 is 15.1. The van der Waals surface area contributed by atoms with Gasteiger partial charge >= 0.3 is 5.97 Å². The average molecular weight is 210 g/mol. The molecule has 4 nitrogen and oxygen atoms in total. The van der Waals surface area contributed by atoms with Crippen LogP contribution in [0, 0.1) is 0 Å². The fourth-order valence-corrected chi connectivity index (χ4v) is 0.971. The quantitative estimate of drug-likeness (QED) is 0.423. The maximum atomic E-state index is 11.1. The monoisotopic (exact) mass is 210 g/mol. The first-order valence-corrected chi connectivity index (χ1v) is 4.69. The third-order valence-electron chi connectivity index (χ3n) is 1.69. The van der Waals surface area contributed by atoms with Crippen LogP contribution in [-0.2, 0) is 9.53 Å². The van der Waals surface area contributed by atoms with Crippen molar-refractivity contribution < 1.29 is 19.0 Å². The Kier molecular flexibility index (Phi) is 4.63. The van der Waals surface area contributed by atoms with Gasteiger partial charge in [-0.25, -0.2) is 0 Å². The molecule has 1 rings (SSSR count). The first-order valence-electron chi connectivity index (χ1n) is 4.69. The van der Waals surface area contributed by atoms with Crippen molar-refractivity contribution in [2.45, 2.75) is 13.3 Å². The predicted octanol–water partition coefficient (Wildman–Crippen LogP) is 1.98. The Bertz CT molecular complexity index is 322. The maximum Gasteiger partial charge on any atom is 0.311 e. The number of esters is 1. The van der Waals surface area contributed by atoms with Crippen LogP contribution < -0.4 is 9.47 Å². The van der Waals surface area contributed by atoms with Crippen LogP contribution in [0.3, 0.4) is 0 Å². The number of hydrogen-bond donors (Lipinski definition) is 0. The second-order valence-electron chi connectivity index (χ2n) is 2.83. The summed E-state index contributed by atoms with van der Waals surface area (Å²) in [6, 6.07) is 6.97. The molecule has 0 unspecified atom stereocenters. The van der Waals surface area contributed by atoms with Crippen LogP contribution in [0.25, 0.3) is 0 Å². The molecule has 0 amide bonds. The normalized spacial score (nSPS) is 9.73. The highest BCUT2D eigenvalue weighted by Crippen LogP contribution is 2.26. The number of carbonyl (C=O) groups excluding carboxylic acids is 1. The van der Waals surface area contributed by atoms with Gasteiger partial charge in [-0.2, -0.15) is 0 Å². The number of hydrogen-bond acceptors (Lipinski definition) is 4. The van der Waals surface area contributed by atoms with Crippen molar-refractivity contribution in [3.8, 4) is 11.5 Å². The maximum absolute atomic E-state index is 11.1.